The van der Waals surface area contributed by atoms with Gasteiger partial charge in [-0.15, -0.1) is 0 Å². The fraction of sp³-hybridized carbons (Fsp3) is 0.900. The number of amides is 1. The summed E-state index contributed by atoms with van der Waals surface area (Å²) >= 11 is 0. The topological polar surface area (TPSA) is 226 Å². The van der Waals surface area contributed by atoms with Crippen molar-refractivity contribution in [1.82, 2.24) is 5.32 Å². The summed E-state index contributed by atoms with van der Waals surface area (Å²) in [6.45, 7) is 3.78. The number of carbonyl (C=O) groups is 1. The number of hydrogen-bond acceptors (Lipinski definition) is 11. The van der Waals surface area contributed by atoms with Gasteiger partial charge in [0, 0.05) is 0 Å². The van der Waals surface area contributed by atoms with Gasteiger partial charge in [0.15, 0.2) is 0 Å². The van der Waals surface area contributed by atoms with Crippen molar-refractivity contribution in [3.05, 3.63) is 24.3 Å². The highest BCUT2D eigenvalue weighted by Gasteiger charge is 2.51. The minimum atomic E-state index is -5.12. The van der Waals surface area contributed by atoms with Gasteiger partial charge in [-0.25, -0.2) is 4.57 Å². The predicted octanol–water partition coefficient (Wildman–Crippen LogP) is 9.54. The molecule has 1 amide bonds. The molecule has 0 saturated heterocycles. The number of phosphoric ester groups is 1. The summed E-state index contributed by atoms with van der Waals surface area (Å²) in [5.74, 6) is -0.563. The Morgan fingerprint density at radius 3 is 1.36 bits per heavy atom. The molecule has 1 aliphatic carbocycles. The molecule has 1 saturated carbocycles. The first-order valence-electron chi connectivity index (χ1n) is 25.9. The van der Waals surface area contributed by atoms with Crippen LogP contribution in [-0.4, -0.2) is 108 Å². The van der Waals surface area contributed by atoms with Gasteiger partial charge in [0.25, 0.3) is 0 Å². The molecule has 64 heavy (non-hydrogen) atoms. The molecule has 0 heterocycles. The SMILES string of the molecule is CCCCC/C=C\C=C/CCCCCCCCCCC(O)CC(=O)NC(COP(=O)(O)OC1C(O)C(O)C(O)C(O)C1O)C(O)CCCCCCCCCCCCCCCCCCC. The second-order valence-electron chi connectivity index (χ2n) is 18.6. The first-order valence-corrected chi connectivity index (χ1v) is 27.4. The molecule has 1 aliphatic rings. The third kappa shape index (κ3) is 30.9. The first kappa shape index (κ1) is 60.8. The van der Waals surface area contributed by atoms with Crippen molar-refractivity contribution >= 4 is 13.7 Å². The van der Waals surface area contributed by atoms with Crippen molar-refractivity contribution in [2.45, 2.75) is 281 Å². The number of aliphatic hydroxyl groups is 7. The smallest absolute Gasteiger partial charge is 0.393 e. The van der Waals surface area contributed by atoms with Crippen molar-refractivity contribution < 1.29 is 59.0 Å². The van der Waals surface area contributed by atoms with E-state index >= 15 is 0 Å². The molecule has 8 unspecified atom stereocenters. The molecule has 0 radical (unpaired) electrons. The Hall–Kier alpha value is -1.22. The Kier molecular flexibility index (Phi) is 37.8. The van der Waals surface area contributed by atoms with E-state index in [1.54, 1.807) is 0 Å². The van der Waals surface area contributed by atoms with Crippen LogP contribution in [0.15, 0.2) is 24.3 Å². The van der Waals surface area contributed by atoms with Gasteiger partial charge in [0.2, 0.25) is 5.91 Å². The van der Waals surface area contributed by atoms with Crippen LogP contribution in [0, 0.1) is 0 Å². The summed E-state index contributed by atoms with van der Waals surface area (Å²) in [6, 6.07) is -1.16. The molecule has 1 fully saturated rings. The van der Waals surface area contributed by atoms with Gasteiger partial charge < -0.3 is 46.0 Å². The highest BCUT2D eigenvalue weighted by atomic mass is 31.2. The second kappa shape index (κ2) is 39.7. The average molecular weight is 934 g/mol. The molecule has 0 aromatic rings. The van der Waals surface area contributed by atoms with Crippen LogP contribution < -0.4 is 5.32 Å². The summed E-state index contributed by atoms with van der Waals surface area (Å²) < 4.78 is 23.0. The number of nitrogens with one attached hydrogen (secondary N) is 1. The lowest BCUT2D eigenvalue weighted by Crippen LogP contribution is -2.64. The van der Waals surface area contributed by atoms with E-state index < -0.39 is 75.2 Å². The van der Waals surface area contributed by atoms with Crippen LogP contribution in [-0.2, 0) is 18.4 Å². The standard InChI is InChI=1S/C50H96NO12P/c1-3-5-7-9-11-13-15-17-19-21-23-25-27-29-31-33-35-37-41(52)39-44(54)51-42(40-62-64(60,61)63-50-48(58)46(56)45(55)47(57)49(50)59)43(53)38-36-34-32-30-28-26-24-22-20-18-16-14-12-10-8-6-4-2/h11,13,15,17,41-43,45-50,52-53,55-59H,3-10,12,14,16,18-40H2,1-2H3,(H,51,54)(H,60,61)/b13-11-,17-15-. The summed E-state index contributed by atoms with van der Waals surface area (Å²) in [5.41, 5.74) is 0. The number of allylic oxidation sites excluding steroid dienone is 4. The lowest BCUT2D eigenvalue weighted by molar-refractivity contribution is -0.220. The van der Waals surface area contributed by atoms with Crippen molar-refractivity contribution in [3.63, 3.8) is 0 Å². The van der Waals surface area contributed by atoms with Gasteiger partial charge in [-0.3, -0.25) is 13.8 Å². The quantitative estimate of drug-likeness (QED) is 0.0158. The van der Waals surface area contributed by atoms with Gasteiger partial charge >= 0.3 is 7.82 Å². The molecule has 378 valence electrons. The molecule has 0 aliphatic heterocycles. The molecule has 1 rings (SSSR count). The van der Waals surface area contributed by atoms with Gasteiger partial charge in [0.1, 0.15) is 36.6 Å². The van der Waals surface area contributed by atoms with Crippen LogP contribution in [0.3, 0.4) is 0 Å². The minimum Gasteiger partial charge on any atom is -0.393 e. The molecular formula is C50H96NO12P. The molecule has 0 bridgehead atoms. The van der Waals surface area contributed by atoms with E-state index in [0.717, 1.165) is 64.2 Å². The summed E-state index contributed by atoms with van der Waals surface area (Å²) in [5, 5.41) is 74.8. The molecule has 13 nitrogen and oxygen atoms in total. The van der Waals surface area contributed by atoms with E-state index in [9.17, 15) is 50.0 Å². The summed E-state index contributed by atoms with van der Waals surface area (Å²) in [6.07, 6.45) is 30.7. The van der Waals surface area contributed by atoms with Gasteiger partial charge in [-0.2, -0.15) is 0 Å². The summed E-state index contributed by atoms with van der Waals surface area (Å²) in [7, 11) is -5.12. The third-order valence-corrected chi connectivity index (χ3v) is 13.6. The molecule has 0 aromatic heterocycles. The normalized spacial score (nSPS) is 22.8. The van der Waals surface area contributed by atoms with E-state index in [1.165, 1.54) is 122 Å². The van der Waals surface area contributed by atoms with Gasteiger partial charge in [-0.1, -0.05) is 205 Å². The highest BCUT2D eigenvalue weighted by Crippen LogP contribution is 2.47. The Balaban J connectivity index is 2.47. The monoisotopic (exact) mass is 934 g/mol. The zero-order chi connectivity index (χ0) is 47.3. The fourth-order valence-corrected chi connectivity index (χ4v) is 9.32. The van der Waals surface area contributed by atoms with E-state index in [-0.39, 0.29) is 12.8 Å². The van der Waals surface area contributed by atoms with E-state index in [1.807, 2.05) is 0 Å². The maximum absolute atomic E-state index is 13.1. The fourth-order valence-electron chi connectivity index (χ4n) is 8.36. The largest absolute Gasteiger partial charge is 0.472 e. The zero-order valence-electron chi connectivity index (χ0n) is 40.2. The molecule has 8 atom stereocenters. The predicted molar refractivity (Wildman–Crippen MR) is 257 cm³/mol. The Morgan fingerprint density at radius 1 is 0.547 bits per heavy atom. The van der Waals surface area contributed by atoms with Crippen molar-refractivity contribution in [1.29, 1.82) is 0 Å². The Morgan fingerprint density at radius 2 is 0.906 bits per heavy atom. The molecule has 0 aromatic carbocycles. The molecule has 14 heteroatoms. The Bertz CT molecular complexity index is 1190. The minimum absolute atomic E-state index is 0.225. The molecular weight excluding hydrogens is 838 g/mol. The number of rotatable bonds is 43. The lowest BCUT2D eigenvalue weighted by atomic mass is 9.85. The van der Waals surface area contributed by atoms with Gasteiger partial charge in [-0.05, 0) is 38.5 Å². The maximum atomic E-state index is 13.1. The van der Waals surface area contributed by atoms with Crippen molar-refractivity contribution in [2.75, 3.05) is 6.61 Å². The number of unbranched alkanes of at least 4 members (excludes halogenated alkanes) is 27. The highest BCUT2D eigenvalue weighted by molar-refractivity contribution is 7.47. The third-order valence-electron chi connectivity index (χ3n) is 12.6. The summed E-state index contributed by atoms with van der Waals surface area (Å²) in [4.78, 5) is 23.5. The number of phosphoric acid groups is 1. The Labute approximate surface area is 388 Å². The maximum Gasteiger partial charge on any atom is 0.472 e. The van der Waals surface area contributed by atoms with E-state index in [2.05, 4.69) is 43.5 Å². The zero-order valence-corrected chi connectivity index (χ0v) is 41.1. The lowest BCUT2D eigenvalue weighted by Gasteiger charge is -2.41. The van der Waals surface area contributed by atoms with Crippen LogP contribution in [0.5, 0.6) is 0 Å². The van der Waals surface area contributed by atoms with E-state index in [0.29, 0.717) is 12.8 Å². The van der Waals surface area contributed by atoms with Crippen molar-refractivity contribution in [3.8, 4) is 0 Å². The molecule has 0 spiro atoms. The molecule has 9 N–H and O–H groups in total. The van der Waals surface area contributed by atoms with Crippen LogP contribution in [0.1, 0.15) is 226 Å². The van der Waals surface area contributed by atoms with Crippen LogP contribution in [0.4, 0.5) is 0 Å². The van der Waals surface area contributed by atoms with Crippen LogP contribution in [0.25, 0.3) is 0 Å². The second-order valence-corrected chi connectivity index (χ2v) is 20.0. The van der Waals surface area contributed by atoms with Gasteiger partial charge in [0.05, 0.1) is 31.3 Å². The number of aliphatic hydroxyl groups excluding tert-OH is 7. The first-order chi connectivity index (χ1) is 30.8. The number of carbonyl (C=O) groups excluding carboxylic acids is 1. The average Bonchev–Trinajstić information content (AvgIpc) is 3.27. The van der Waals surface area contributed by atoms with Crippen LogP contribution in [0.2, 0.25) is 0 Å². The van der Waals surface area contributed by atoms with Crippen molar-refractivity contribution in [2.24, 2.45) is 0 Å². The number of hydrogen-bond donors (Lipinski definition) is 9. The van der Waals surface area contributed by atoms with E-state index in [4.69, 9.17) is 9.05 Å². The van der Waals surface area contributed by atoms with Crippen LogP contribution >= 0.6 is 7.82 Å².